The van der Waals surface area contributed by atoms with Gasteiger partial charge in [0, 0.05) is 40.3 Å². The largest absolute Gasteiger partial charge is 0.396 e. The highest BCUT2D eigenvalue weighted by molar-refractivity contribution is 7.99. The molecule has 2 heterocycles. The van der Waals surface area contributed by atoms with E-state index in [0.717, 1.165) is 36.1 Å². The molecular weight excluding hydrogens is 292 g/mol. The molecule has 0 aliphatic carbocycles. The van der Waals surface area contributed by atoms with E-state index in [9.17, 15) is 4.79 Å². The van der Waals surface area contributed by atoms with Crippen molar-refractivity contribution in [3.63, 3.8) is 0 Å². The molecule has 112 valence electrons. The third-order valence-corrected chi connectivity index (χ3v) is 5.68. The first kappa shape index (κ1) is 15.5. The number of likely N-dealkylation sites (N-methyl/N-ethyl adjacent to an activating group) is 1. The van der Waals surface area contributed by atoms with Gasteiger partial charge >= 0.3 is 0 Å². The van der Waals surface area contributed by atoms with Crippen LogP contribution in [0.5, 0.6) is 0 Å². The molecule has 7 heteroatoms. The topological polar surface area (TPSA) is 52.8 Å². The molecule has 5 nitrogen and oxygen atoms in total. The van der Waals surface area contributed by atoms with E-state index < -0.39 is 0 Å². The summed E-state index contributed by atoms with van der Waals surface area (Å²) < 4.78 is 0. The maximum atomic E-state index is 12.2. The number of hydrogen-bond acceptors (Lipinski definition) is 6. The Hall–Kier alpha value is -0.920. The minimum atomic E-state index is -0.0109. The molecule has 0 atom stereocenters. The summed E-state index contributed by atoms with van der Waals surface area (Å²) in [6.45, 7) is 4.06. The number of carbonyl (C=O) groups excluding carboxylic acids is 1. The molecule has 0 saturated carbocycles. The number of nitrogen functional groups attached to an aromatic ring is 1. The molecule has 1 aromatic rings. The molecule has 0 unspecified atom stereocenters. The number of piperazine rings is 1. The second-order valence-electron chi connectivity index (χ2n) is 5.17. The van der Waals surface area contributed by atoms with Crippen molar-refractivity contribution in [3.05, 3.63) is 4.88 Å². The zero-order valence-corrected chi connectivity index (χ0v) is 14.1. The number of thioether (sulfide) groups is 1. The maximum absolute atomic E-state index is 12.2. The number of nitrogens with two attached hydrogens (primary N) is 1. The van der Waals surface area contributed by atoms with E-state index in [4.69, 9.17) is 5.73 Å². The van der Waals surface area contributed by atoms with Crippen molar-refractivity contribution in [2.45, 2.75) is 4.90 Å². The Labute approximate surface area is 128 Å². The third kappa shape index (κ3) is 2.89. The van der Waals surface area contributed by atoms with Crippen LogP contribution in [0.1, 0.15) is 9.67 Å². The van der Waals surface area contributed by atoms with Crippen LogP contribution in [0.4, 0.5) is 10.7 Å². The zero-order valence-electron chi connectivity index (χ0n) is 12.5. The number of nitrogens with zero attached hydrogens (tertiary/aromatic N) is 3. The van der Waals surface area contributed by atoms with Crippen LogP contribution in [0.2, 0.25) is 0 Å². The van der Waals surface area contributed by atoms with Crippen molar-refractivity contribution in [2.24, 2.45) is 0 Å². The van der Waals surface area contributed by atoms with Crippen molar-refractivity contribution in [1.29, 1.82) is 0 Å². The van der Waals surface area contributed by atoms with Crippen LogP contribution in [0.3, 0.4) is 0 Å². The van der Waals surface area contributed by atoms with E-state index in [1.54, 1.807) is 30.8 Å². The number of amides is 1. The summed E-state index contributed by atoms with van der Waals surface area (Å²) in [5.41, 5.74) is 6.83. The lowest BCUT2D eigenvalue weighted by atomic mass is 10.3. The predicted molar refractivity (Wildman–Crippen MR) is 88.2 cm³/mol. The zero-order chi connectivity index (χ0) is 14.9. The van der Waals surface area contributed by atoms with E-state index in [-0.39, 0.29) is 5.91 Å². The number of rotatable bonds is 3. The van der Waals surface area contributed by atoms with Gasteiger partial charge in [0.1, 0.15) is 9.88 Å². The van der Waals surface area contributed by atoms with Gasteiger partial charge < -0.3 is 20.4 Å². The van der Waals surface area contributed by atoms with Crippen molar-refractivity contribution >= 4 is 39.7 Å². The van der Waals surface area contributed by atoms with E-state index in [1.807, 2.05) is 6.26 Å². The molecule has 0 spiro atoms. The molecular formula is C13H22N4OS2. The molecule has 0 radical (unpaired) electrons. The molecule has 1 aromatic heterocycles. The van der Waals surface area contributed by atoms with Crippen LogP contribution < -0.4 is 10.6 Å². The summed E-state index contributed by atoms with van der Waals surface area (Å²) in [7, 11) is 5.65. The first-order chi connectivity index (χ1) is 9.45. The molecule has 1 aliphatic heterocycles. The smallest absolute Gasteiger partial charge is 0.265 e. The van der Waals surface area contributed by atoms with Crippen LogP contribution >= 0.6 is 23.1 Å². The average molecular weight is 314 g/mol. The highest BCUT2D eigenvalue weighted by Gasteiger charge is 2.26. The van der Waals surface area contributed by atoms with Gasteiger partial charge in [-0.25, -0.2) is 0 Å². The molecule has 20 heavy (non-hydrogen) atoms. The minimum absolute atomic E-state index is 0.0109. The number of thiophene rings is 1. The van der Waals surface area contributed by atoms with E-state index >= 15 is 0 Å². The van der Waals surface area contributed by atoms with E-state index in [2.05, 4.69) is 16.8 Å². The lowest BCUT2D eigenvalue weighted by molar-refractivity contribution is 0.0833. The molecule has 2 rings (SSSR count). The Morgan fingerprint density at radius 3 is 2.40 bits per heavy atom. The molecule has 1 amide bonds. The molecule has 0 aromatic carbocycles. The van der Waals surface area contributed by atoms with Crippen LogP contribution in [-0.2, 0) is 0 Å². The normalized spacial score (nSPS) is 16.5. The lowest BCUT2D eigenvalue weighted by Gasteiger charge is -2.33. The van der Waals surface area contributed by atoms with Gasteiger partial charge in [0.15, 0.2) is 0 Å². The number of hydrogen-bond donors (Lipinski definition) is 1. The summed E-state index contributed by atoms with van der Waals surface area (Å²) in [4.78, 5) is 20.2. The van der Waals surface area contributed by atoms with Gasteiger partial charge in [-0.2, -0.15) is 0 Å². The summed E-state index contributed by atoms with van der Waals surface area (Å²) in [6.07, 6.45) is 2.02. The molecule has 1 aliphatic rings. The van der Waals surface area contributed by atoms with Gasteiger partial charge in [0.05, 0.1) is 10.6 Å². The monoisotopic (exact) mass is 314 g/mol. The van der Waals surface area contributed by atoms with Crippen LogP contribution in [-0.4, -0.2) is 69.3 Å². The summed E-state index contributed by atoms with van der Waals surface area (Å²) in [6, 6.07) is 0. The van der Waals surface area contributed by atoms with Gasteiger partial charge in [-0.3, -0.25) is 4.79 Å². The minimum Gasteiger partial charge on any atom is -0.396 e. The Balaban J connectivity index is 2.33. The summed E-state index contributed by atoms with van der Waals surface area (Å²) in [5, 5.41) is 1.15. The van der Waals surface area contributed by atoms with Gasteiger partial charge in [-0.15, -0.1) is 23.1 Å². The molecule has 1 fully saturated rings. The van der Waals surface area contributed by atoms with E-state index in [1.165, 1.54) is 11.3 Å². The quantitative estimate of drug-likeness (QED) is 0.857. The highest BCUT2D eigenvalue weighted by Crippen LogP contribution is 2.44. The first-order valence-corrected chi connectivity index (χ1v) is 8.61. The van der Waals surface area contributed by atoms with Crippen molar-refractivity contribution in [3.8, 4) is 0 Å². The maximum Gasteiger partial charge on any atom is 0.265 e. The standard InChI is InChI=1S/C13H22N4OS2/c1-15(2)12(18)10-9(14)11(19-4)13(20-10)17-7-5-16(3)6-8-17/h5-8,14H2,1-4H3. The third-order valence-electron chi connectivity index (χ3n) is 3.48. The summed E-state index contributed by atoms with van der Waals surface area (Å²) >= 11 is 3.15. The molecule has 1 saturated heterocycles. The predicted octanol–water partition coefficient (Wildman–Crippen LogP) is 1.51. The van der Waals surface area contributed by atoms with Gasteiger partial charge in [-0.1, -0.05) is 0 Å². The van der Waals surface area contributed by atoms with Crippen LogP contribution in [0, 0.1) is 0 Å². The van der Waals surface area contributed by atoms with Crippen molar-refractivity contribution in [1.82, 2.24) is 9.80 Å². The van der Waals surface area contributed by atoms with Crippen molar-refractivity contribution < 1.29 is 4.79 Å². The molecule has 2 N–H and O–H groups in total. The van der Waals surface area contributed by atoms with E-state index in [0.29, 0.717) is 10.6 Å². The van der Waals surface area contributed by atoms with Gasteiger partial charge in [0.2, 0.25) is 0 Å². The van der Waals surface area contributed by atoms with Crippen molar-refractivity contribution in [2.75, 3.05) is 64.2 Å². The lowest BCUT2D eigenvalue weighted by Crippen LogP contribution is -2.44. The Morgan fingerprint density at radius 2 is 1.90 bits per heavy atom. The first-order valence-electron chi connectivity index (χ1n) is 6.57. The Kier molecular flexibility index (Phi) is 4.82. The van der Waals surface area contributed by atoms with Crippen LogP contribution in [0.25, 0.3) is 0 Å². The summed E-state index contributed by atoms with van der Waals surface area (Å²) in [5.74, 6) is -0.0109. The Bertz CT molecular complexity index is 493. The number of carbonyl (C=O) groups is 1. The Morgan fingerprint density at radius 1 is 1.30 bits per heavy atom. The number of anilines is 2. The average Bonchev–Trinajstić information content (AvgIpc) is 2.75. The second kappa shape index (κ2) is 6.24. The van der Waals surface area contributed by atoms with Crippen LogP contribution in [0.15, 0.2) is 4.90 Å². The van der Waals surface area contributed by atoms with Gasteiger partial charge in [0.25, 0.3) is 5.91 Å². The fraction of sp³-hybridized carbons (Fsp3) is 0.615. The van der Waals surface area contributed by atoms with Gasteiger partial charge in [-0.05, 0) is 13.3 Å². The molecule has 0 bridgehead atoms. The second-order valence-corrected chi connectivity index (χ2v) is 6.99. The highest BCUT2D eigenvalue weighted by atomic mass is 32.2. The fourth-order valence-electron chi connectivity index (χ4n) is 2.19. The SMILES string of the molecule is CSc1c(N2CCN(C)CC2)sc(C(=O)N(C)C)c1N. The fourth-order valence-corrected chi connectivity index (χ4v) is 4.45.